The number of aliphatic hydroxyl groups excluding tert-OH is 1. The minimum atomic E-state index is -0.853. The average Bonchev–Trinajstić information content (AvgIpc) is 2.92. The fraction of sp³-hybridized carbons (Fsp3) is 0.933. The van der Waals surface area contributed by atoms with E-state index < -0.39 is 6.10 Å². The van der Waals surface area contributed by atoms with Crippen LogP contribution in [0.3, 0.4) is 0 Å². The first-order chi connectivity index (χ1) is 9.16. The maximum Gasteiger partial charge on any atom is 0.251 e. The Balaban J connectivity index is 1.59. The number of hydrogen-bond donors (Lipinski definition) is 1. The third-order valence-electron chi connectivity index (χ3n) is 4.60. The number of piperazine rings is 1. The minimum absolute atomic E-state index is 0.120. The van der Waals surface area contributed by atoms with Crippen LogP contribution in [0.25, 0.3) is 0 Å². The van der Waals surface area contributed by atoms with Gasteiger partial charge in [-0.3, -0.25) is 9.69 Å². The molecule has 4 nitrogen and oxygen atoms in total. The van der Waals surface area contributed by atoms with Gasteiger partial charge in [0.15, 0.2) is 0 Å². The van der Waals surface area contributed by atoms with Crippen LogP contribution >= 0.6 is 0 Å². The van der Waals surface area contributed by atoms with Gasteiger partial charge in [0.05, 0.1) is 0 Å². The molecule has 1 atom stereocenters. The second-order valence-corrected chi connectivity index (χ2v) is 6.14. The molecule has 1 aliphatic carbocycles. The number of hydrogen-bond acceptors (Lipinski definition) is 3. The summed E-state index contributed by atoms with van der Waals surface area (Å²) >= 11 is 0. The van der Waals surface area contributed by atoms with E-state index in [4.69, 9.17) is 0 Å². The van der Waals surface area contributed by atoms with Gasteiger partial charge in [-0.15, -0.1) is 0 Å². The lowest BCUT2D eigenvalue weighted by Crippen LogP contribution is -2.51. The van der Waals surface area contributed by atoms with Crippen molar-refractivity contribution in [2.45, 2.75) is 51.6 Å². The monoisotopic (exact) mass is 268 g/mol. The minimum Gasteiger partial charge on any atom is -0.384 e. The highest BCUT2D eigenvalue weighted by molar-refractivity contribution is 5.80. The molecule has 2 aliphatic rings. The molecule has 1 saturated heterocycles. The smallest absolute Gasteiger partial charge is 0.251 e. The first-order valence-corrected chi connectivity index (χ1v) is 7.86. The van der Waals surface area contributed by atoms with E-state index in [1.165, 1.54) is 45.1 Å². The third kappa shape index (κ3) is 4.46. The highest BCUT2D eigenvalue weighted by atomic mass is 16.3. The molecule has 0 aromatic carbocycles. The third-order valence-corrected chi connectivity index (χ3v) is 4.60. The van der Waals surface area contributed by atoms with Crippen molar-refractivity contribution in [2.24, 2.45) is 5.92 Å². The predicted molar refractivity (Wildman–Crippen MR) is 75.9 cm³/mol. The van der Waals surface area contributed by atoms with Gasteiger partial charge in [-0.05, 0) is 32.2 Å². The molecule has 0 aromatic heterocycles. The lowest BCUT2D eigenvalue weighted by Gasteiger charge is -2.35. The first kappa shape index (κ1) is 14.8. The van der Waals surface area contributed by atoms with Crippen molar-refractivity contribution in [2.75, 3.05) is 32.7 Å². The lowest BCUT2D eigenvalue weighted by atomic mass is 10.0. The predicted octanol–water partition coefficient (Wildman–Crippen LogP) is 1.48. The molecule has 19 heavy (non-hydrogen) atoms. The van der Waals surface area contributed by atoms with Crippen LogP contribution in [0.2, 0.25) is 0 Å². The second kappa shape index (κ2) is 7.25. The molecule has 0 radical (unpaired) electrons. The number of carbonyl (C=O) groups is 1. The Morgan fingerprint density at radius 1 is 1.21 bits per heavy atom. The molecular weight excluding hydrogens is 240 g/mol. The van der Waals surface area contributed by atoms with Crippen LogP contribution in [-0.4, -0.2) is 59.6 Å². The summed E-state index contributed by atoms with van der Waals surface area (Å²) in [5.74, 6) is 0.865. The Kier molecular flexibility index (Phi) is 5.64. The lowest BCUT2D eigenvalue weighted by molar-refractivity contribution is -0.141. The Hall–Kier alpha value is -0.610. The van der Waals surface area contributed by atoms with Crippen molar-refractivity contribution < 1.29 is 9.90 Å². The van der Waals surface area contributed by atoms with Gasteiger partial charge in [0, 0.05) is 26.2 Å². The standard InChI is InChI=1S/C15H28N2O2/c1-13(18)15(19)17-11-9-16(10-12-17)8-4-7-14-5-2-3-6-14/h13-14,18H,2-12H2,1H3. The maximum absolute atomic E-state index is 11.6. The van der Waals surface area contributed by atoms with Crippen LogP contribution in [0.15, 0.2) is 0 Å². The number of nitrogens with zero attached hydrogens (tertiary/aromatic N) is 2. The number of rotatable bonds is 5. The molecule has 1 N–H and O–H groups in total. The summed E-state index contributed by atoms with van der Waals surface area (Å²) in [6.07, 6.45) is 7.58. The summed E-state index contributed by atoms with van der Waals surface area (Å²) in [6, 6.07) is 0. The van der Waals surface area contributed by atoms with Gasteiger partial charge in [0.1, 0.15) is 6.10 Å². The molecule has 0 bridgehead atoms. The van der Waals surface area contributed by atoms with Crippen LogP contribution in [0.5, 0.6) is 0 Å². The summed E-state index contributed by atoms with van der Waals surface area (Å²) in [7, 11) is 0. The molecule has 0 spiro atoms. The molecular formula is C15H28N2O2. The Bertz CT molecular complexity index is 280. The second-order valence-electron chi connectivity index (χ2n) is 6.14. The highest BCUT2D eigenvalue weighted by Gasteiger charge is 2.23. The van der Waals surface area contributed by atoms with E-state index in [0.29, 0.717) is 0 Å². The van der Waals surface area contributed by atoms with Crippen LogP contribution in [-0.2, 0) is 4.79 Å². The SMILES string of the molecule is CC(O)C(=O)N1CCN(CCCC2CCCC2)CC1. The molecule has 4 heteroatoms. The van der Waals surface area contributed by atoms with Gasteiger partial charge in [-0.1, -0.05) is 25.7 Å². The van der Waals surface area contributed by atoms with E-state index in [0.717, 1.165) is 32.1 Å². The highest BCUT2D eigenvalue weighted by Crippen LogP contribution is 2.28. The zero-order chi connectivity index (χ0) is 13.7. The average molecular weight is 268 g/mol. The van der Waals surface area contributed by atoms with Gasteiger partial charge in [-0.2, -0.15) is 0 Å². The molecule has 2 fully saturated rings. The Labute approximate surface area is 116 Å². The Morgan fingerprint density at radius 3 is 2.42 bits per heavy atom. The van der Waals surface area contributed by atoms with Crippen molar-refractivity contribution in [1.29, 1.82) is 0 Å². The largest absolute Gasteiger partial charge is 0.384 e. The first-order valence-electron chi connectivity index (χ1n) is 7.86. The summed E-state index contributed by atoms with van der Waals surface area (Å²) in [5, 5.41) is 9.30. The van der Waals surface area contributed by atoms with E-state index in [2.05, 4.69) is 4.90 Å². The van der Waals surface area contributed by atoms with Gasteiger partial charge in [0.25, 0.3) is 5.91 Å². The fourth-order valence-corrected chi connectivity index (χ4v) is 3.36. The Morgan fingerprint density at radius 2 is 1.84 bits per heavy atom. The zero-order valence-corrected chi connectivity index (χ0v) is 12.2. The van der Waals surface area contributed by atoms with E-state index in [9.17, 15) is 9.90 Å². The fourth-order valence-electron chi connectivity index (χ4n) is 3.36. The summed E-state index contributed by atoms with van der Waals surface area (Å²) < 4.78 is 0. The normalized spacial score (nSPS) is 23.8. The molecule has 1 saturated carbocycles. The van der Waals surface area contributed by atoms with Crippen molar-refractivity contribution in [1.82, 2.24) is 9.80 Å². The van der Waals surface area contributed by atoms with E-state index >= 15 is 0 Å². The van der Waals surface area contributed by atoms with Crippen LogP contribution in [0.4, 0.5) is 0 Å². The van der Waals surface area contributed by atoms with Gasteiger partial charge in [0.2, 0.25) is 0 Å². The van der Waals surface area contributed by atoms with E-state index in [-0.39, 0.29) is 5.91 Å². The van der Waals surface area contributed by atoms with E-state index in [1.807, 2.05) is 0 Å². The number of carbonyl (C=O) groups excluding carboxylic acids is 1. The summed E-state index contributed by atoms with van der Waals surface area (Å²) in [6.45, 7) is 6.19. The summed E-state index contributed by atoms with van der Waals surface area (Å²) in [5.41, 5.74) is 0. The van der Waals surface area contributed by atoms with Crippen molar-refractivity contribution >= 4 is 5.91 Å². The zero-order valence-electron chi connectivity index (χ0n) is 12.2. The quantitative estimate of drug-likeness (QED) is 0.821. The molecule has 2 rings (SSSR count). The number of amides is 1. The van der Waals surface area contributed by atoms with Crippen LogP contribution in [0, 0.1) is 5.92 Å². The summed E-state index contributed by atoms with van der Waals surface area (Å²) in [4.78, 5) is 15.9. The molecule has 0 aromatic rings. The topological polar surface area (TPSA) is 43.8 Å². The molecule has 1 unspecified atom stereocenters. The van der Waals surface area contributed by atoms with Gasteiger partial charge in [-0.25, -0.2) is 0 Å². The van der Waals surface area contributed by atoms with Crippen molar-refractivity contribution in [3.05, 3.63) is 0 Å². The van der Waals surface area contributed by atoms with Gasteiger partial charge >= 0.3 is 0 Å². The number of aliphatic hydroxyl groups is 1. The van der Waals surface area contributed by atoms with Crippen LogP contribution < -0.4 is 0 Å². The molecule has 1 amide bonds. The maximum atomic E-state index is 11.6. The molecule has 1 aliphatic heterocycles. The molecule has 1 heterocycles. The molecule has 110 valence electrons. The van der Waals surface area contributed by atoms with Crippen molar-refractivity contribution in [3.8, 4) is 0 Å². The van der Waals surface area contributed by atoms with E-state index in [1.54, 1.807) is 11.8 Å². The van der Waals surface area contributed by atoms with Crippen LogP contribution in [0.1, 0.15) is 45.4 Å². The van der Waals surface area contributed by atoms with Gasteiger partial charge < -0.3 is 10.0 Å². The van der Waals surface area contributed by atoms with Crippen molar-refractivity contribution in [3.63, 3.8) is 0 Å².